The van der Waals surface area contributed by atoms with Crippen LogP contribution in [0.25, 0.3) is 20.7 Å². The van der Waals surface area contributed by atoms with Gasteiger partial charge in [-0.05, 0) is 25.3 Å². The Morgan fingerprint density at radius 1 is 1.38 bits per heavy atom. The molecule has 6 nitrogen and oxygen atoms in total. The van der Waals surface area contributed by atoms with Gasteiger partial charge in [0.1, 0.15) is 11.4 Å². The molecule has 0 saturated carbocycles. The third-order valence-corrected chi connectivity index (χ3v) is 6.80. The lowest BCUT2D eigenvalue weighted by atomic mass is 10.1. The summed E-state index contributed by atoms with van der Waals surface area (Å²) in [7, 11) is 0. The lowest BCUT2D eigenvalue weighted by Crippen LogP contribution is -2.58. The Morgan fingerprint density at radius 2 is 2.23 bits per heavy atom. The summed E-state index contributed by atoms with van der Waals surface area (Å²) in [5.41, 5.74) is 0.757. The highest BCUT2D eigenvalue weighted by molar-refractivity contribution is 7.18. The molecular weight excluding hydrogens is 368 g/mol. The number of fused-ring (bicyclic) bond motifs is 1. The molecule has 1 fully saturated rings. The van der Waals surface area contributed by atoms with Crippen LogP contribution in [-0.2, 0) is 11.3 Å². The molecule has 8 heteroatoms. The topological polar surface area (TPSA) is 67.2 Å². The van der Waals surface area contributed by atoms with Crippen molar-refractivity contribution in [1.29, 1.82) is 0 Å². The second-order valence-electron chi connectivity index (χ2n) is 6.55. The monoisotopic (exact) mass is 388 g/mol. The van der Waals surface area contributed by atoms with Gasteiger partial charge in [0.25, 0.3) is 5.56 Å². The predicted molar refractivity (Wildman–Crippen MR) is 106 cm³/mol. The first-order chi connectivity index (χ1) is 12.6. The number of hydrogen-bond donors (Lipinski definition) is 1. The third kappa shape index (κ3) is 2.98. The highest BCUT2D eigenvalue weighted by atomic mass is 32.1. The van der Waals surface area contributed by atoms with Gasteiger partial charge in [-0.25, -0.2) is 4.98 Å². The standard InChI is InChI=1S/C18H20N4O2S2/c1-11-12(2)22(6-5-19-11)15(23)8-21-10-20-17-16(18(21)24)13(9-26-17)14-4-3-7-25-14/h3-4,7,9-12,19H,5-6,8H2,1-2H3. The summed E-state index contributed by atoms with van der Waals surface area (Å²) in [6, 6.07) is 4.31. The minimum atomic E-state index is -0.149. The largest absolute Gasteiger partial charge is 0.336 e. The third-order valence-electron chi connectivity index (χ3n) is 5.01. The van der Waals surface area contributed by atoms with E-state index in [1.807, 2.05) is 34.7 Å². The molecule has 1 N–H and O–H groups in total. The maximum absolute atomic E-state index is 13.0. The van der Waals surface area contributed by atoms with E-state index >= 15 is 0 Å². The Balaban J connectivity index is 1.67. The van der Waals surface area contributed by atoms with Crippen LogP contribution >= 0.6 is 22.7 Å². The van der Waals surface area contributed by atoms with Gasteiger partial charge in [0, 0.05) is 41.0 Å². The Hall–Kier alpha value is -2.03. The Bertz CT molecular complexity index is 992. The number of amides is 1. The number of rotatable bonds is 3. The molecule has 1 aliphatic heterocycles. The fourth-order valence-electron chi connectivity index (χ4n) is 3.34. The van der Waals surface area contributed by atoms with Crippen molar-refractivity contribution in [3.63, 3.8) is 0 Å². The normalized spacial score (nSPS) is 20.6. The molecule has 136 valence electrons. The lowest BCUT2D eigenvalue weighted by molar-refractivity contribution is -0.135. The van der Waals surface area contributed by atoms with E-state index in [0.29, 0.717) is 16.8 Å². The summed E-state index contributed by atoms with van der Waals surface area (Å²) in [6.45, 7) is 5.57. The highest BCUT2D eigenvalue weighted by Gasteiger charge is 2.28. The van der Waals surface area contributed by atoms with Crippen LogP contribution in [0, 0.1) is 0 Å². The molecule has 0 spiro atoms. The second-order valence-corrected chi connectivity index (χ2v) is 8.36. The van der Waals surface area contributed by atoms with E-state index < -0.39 is 0 Å². The SMILES string of the molecule is CC1NCCN(C(=O)Cn2cnc3scc(-c4cccs4)c3c2=O)C1C. The van der Waals surface area contributed by atoms with Gasteiger partial charge in [-0.1, -0.05) is 6.07 Å². The number of hydrogen-bond acceptors (Lipinski definition) is 6. The first-order valence-electron chi connectivity index (χ1n) is 8.59. The molecule has 3 aromatic heterocycles. The number of thiophene rings is 2. The summed E-state index contributed by atoms with van der Waals surface area (Å²) in [5.74, 6) is -0.0398. The number of carbonyl (C=O) groups excluding carboxylic acids is 1. The molecule has 3 aromatic rings. The fourth-order valence-corrected chi connectivity index (χ4v) is 5.06. The van der Waals surface area contributed by atoms with Gasteiger partial charge in [-0.15, -0.1) is 22.7 Å². The van der Waals surface area contributed by atoms with Crippen LogP contribution in [0.5, 0.6) is 0 Å². The number of carbonyl (C=O) groups is 1. The van der Waals surface area contributed by atoms with Crippen molar-refractivity contribution < 1.29 is 4.79 Å². The molecule has 1 aliphatic rings. The van der Waals surface area contributed by atoms with E-state index in [1.165, 1.54) is 22.2 Å². The molecule has 26 heavy (non-hydrogen) atoms. The average molecular weight is 389 g/mol. The van der Waals surface area contributed by atoms with E-state index in [9.17, 15) is 9.59 Å². The second kappa shape index (κ2) is 6.94. The van der Waals surface area contributed by atoms with Gasteiger partial charge < -0.3 is 10.2 Å². The van der Waals surface area contributed by atoms with Crippen molar-refractivity contribution in [3.8, 4) is 10.4 Å². The van der Waals surface area contributed by atoms with Gasteiger partial charge in [0.15, 0.2) is 0 Å². The molecule has 0 radical (unpaired) electrons. The van der Waals surface area contributed by atoms with Crippen LogP contribution in [0.4, 0.5) is 0 Å². The van der Waals surface area contributed by atoms with Crippen molar-refractivity contribution in [2.75, 3.05) is 13.1 Å². The van der Waals surface area contributed by atoms with Crippen LogP contribution in [0.3, 0.4) is 0 Å². The van der Waals surface area contributed by atoms with Gasteiger partial charge in [0.2, 0.25) is 5.91 Å². The van der Waals surface area contributed by atoms with Crippen LogP contribution in [0.2, 0.25) is 0 Å². The molecule has 0 bridgehead atoms. The zero-order valence-electron chi connectivity index (χ0n) is 14.6. The minimum Gasteiger partial charge on any atom is -0.336 e. The molecule has 4 rings (SSSR count). The number of nitrogens with zero attached hydrogens (tertiary/aromatic N) is 3. The molecule has 2 unspecified atom stereocenters. The van der Waals surface area contributed by atoms with Gasteiger partial charge in [-0.2, -0.15) is 0 Å². The number of nitrogens with one attached hydrogen (secondary N) is 1. The van der Waals surface area contributed by atoms with Crippen molar-refractivity contribution in [2.24, 2.45) is 0 Å². The first kappa shape index (κ1) is 17.4. The van der Waals surface area contributed by atoms with Crippen LogP contribution in [-0.4, -0.2) is 45.5 Å². The Labute approximate surface area is 159 Å². The number of piperazine rings is 1. The maximum atomic E-state index is 13.0. The maximum Gasteiger partial charge on any atom is 0.263 e. The van der Waals surface area contributed by atoms with Crippen LogP contribution < -0.4 is 10.9 Å². The van der Waals surface area contributed by atoms with Crippen LogP contribution in [0.15, 0.2) is 34.0 Å². The van der Waals surface area contributed by atoms with E-state index in [0.717, 1.165) is 17.0 Å². The smallest absolute Gasteiger partial charge is 0.263 e. The Kier molecular flexibility index (Phi) is 4.64. The molecule has 1 saturated heterocycles. The van der Waals surface area contributed by atoms with E-state index in [2.05, 4.69) is 17.2 Å². The van der Waals surface area contributed by atoms with Gasteiger partial charge >= 0.3 is 0 Å². The summed E-state index contributed by atoms with van der Waals surface area (Å²) in [4.78, 5) is 33.8. The zero-order chi connectivity index (χ0) is 18.3. The number of aromatic nitrogens is 2. The molecule has 0 aliphatic carbocycles. The zero-order valence-corrected chi connectivity index (χ0v) is 16.3. The van der Waals surface area contributed by atoms with E-state index in [-0.39, 0.29) is 30.1 Å². The average Bonchev–Trinajstić information content (AvgIpc) is 3.29. The molecule has 0 aromatic carbocycles. The summed E-state index contributed by atoms with van der Waals surface area (Å²) in [5, 5.41) is 7.93. The fraction of sp³-hybridized carbons (Fsp3) is 0.389. The molecule has 4 heterocycles. The van der Waals surface area contributed by atoms with Gasteiger partial charge in [-0.3, -0.25) is 14.2 Å². The van der Waals surface area contributed by atoms with Crippen molar-refractivity contribution in [2.45, 2.75) is 32.5 Å². The summed E-state index contributed by atoms with van der Waals surface area (Å²) in [6.07, 6.45) is 1.49. The van der Waals surface area contributed by atoms with E-state index in [1.54, 1.807) is 11.3 Å². The summed E-state index contributed by atoms with van der Waals surface area (Å²) >= 11 is 3.06. The van der Waals surface area contributed by atoms with Crippen molar-refractivity contribution in [3.05, 3.63) is 39.6 Å². The Morgan fingerprint density at radius 3 is 3.00 bits per heavy atom. The quantitative estimate of drug-likeness (QED) is 0.748. The first-order valence-corrected chi connectivity index (χ1v) is 10.4. The van der Waals surface area contributed by atoms with E-state index in [4.69, 9.17) is 0 Å². The predicted octanol–water partition coefficient (Wildman–Crippen LogP) is 2.40. The molecule has 2 atom stereocenters. The van der Waals surface area contributed by atoms with Crippen molar-refractivity contribution >= 4 is 38.8 Å². The van der Waals surface area contributed by atoms with Crippen molar-refractivity contribution in [1.82, 2.24) is 19.8 Å². The summed E-state index contributed by atoms with van der Waals surface area (Å²) < 4.78 is 1.44. The molecular formula is C18H20N4O2S2. The minimum absolute atomic E-state index is 0.0263. The van der Waals surface area contributed by atoms with Gasteiger partial charge in [0.05, 0.1) is 11.7 Å². The lowest BCUT2D eigenvalue weighted by Gasteiger charge is -2.38. The molecule has 1 amide bonds. The highest BCUT2D eigenvalue weighted by Crippen LogP contribution is 2.33. The van der Waals surface area contributed by atoms with Crippen LogP contribution in [0.1, 0.15) is 13.8 Å².